The summed E-state index contributed by atoms with van der Waals surface area (Å²) in [4.78, 5) is 0. The van der Waals surface area contributed by atoms with E-state index in [4.69, 9.17) is 0 Å². The van der Waals surface area contributed by atoms with Crippen LogP contribution >= 0.6 is 0 Å². The predicted molar refractivity (Wildman–Crippen MR) is 79.4 cm³/mol. The van der Waals surface area contributed by atoms with Gasteiger partial charge >= 0.3 is 12.4 Å². The van der Waals surface area contributed by atoms with Crippen LogP contribution in [0.3, 0.4) is 0 Å². The molecule has 6 heteroatoms. The highest BCUT2D eigenvalue weighted by Crippen LogP contribution is 2.39. The Morgan fingerprint density at radius 1 is 0.583 bits per heavy atom. The Kier molecular flexibility index (Phi) is 3.78. The molecule has 0 spiro atoms. The molecule has 3 aromatic carbocycles. The van der Waals surface area contributed by atoms with Crippen LogP contribution in [0.25, 0.3) is 21.9 Å². The molecule has 0 aliphatic carbocycles. The molecule has 0 saturated heterocycles. The third-order valence-electron chi connectivity index (χ3n) is 3.69. The number of fused-ring (bicyclic) bond motifs is 1. The van der Waals surface area contributed by atoms with Gasteiger partial charge in [0, 0.05) is 0 Å². The maximum absolute atomic E-state index is 13.0. The minimum Gasteiger partial charge on any atom is -0.166 e. The zero-order valence-corrected chi connectivity index (χ0v) is 12.0. The average Bonchev–Trinajstić information content (AvgIpc) is 2.52. The van der Waals surface area contributed by atoms with E-state index >= 15 is 0 Å². The van der Waals surface area contributed by atoms with Gasteiger partial charge in [0.2, 0.25) is 0 Å². The van der Waals surface area contributed by atoms with E-state index in [9.17, 15) is 26.3 Å². The van der Waals surface area contributed by atoms with Crippen LogP contribution in [-0.2, 0) is 12.4 Å². The van der Waals surface area contributed by atoms with Crippen LogP contribution in [0.1, 0.15) is 11.1 Å². The van der Waals surface area contributed by atoms with Crippen molar-refractivity contribution in [2.75, 3.05) is 0 Å². The zero-order valence-electron chi connectivity index (χ0n) is 12.0. The smallest absolute Gasteiger partial charge is 0.166 e. The van der Waals surface area contributed by atoms with E-state index in [-0.39, 0.29) is 11.6 Å². The molecular weight excluding hydrogens is 330 g/mol. The van der Waals surface area contributed by atoms with Gasteiger partial charge in [-0.2, -0.15) is 26.3 Å². The fraction of sp³-hybridized carbons (Fsp3) is 0.111. The first-order valence-corrected chi connectivity index (χ1v) is 6.94. The number of benzene rings is 3. The summed E-state index contributed by atoms with van der Waals surface area (Å²) < 4.78 is 78.0. The summed E-state index contributed by atoms with van der Waals surface area (Å²) in [6, 6.07) is 13.3. The molecule has 0 unspecified atom stereocenters. The highest BCUT2D eigenvalue weighted by atomic mass is 19.4. The third kappa shape index (κ3) is 3.09. The molecule has 0 saturated carbocycles. The van der Waals surface area contributed by atoms with Gasteiger partial charge in [-0.05, 0) is 40.1 Å². The number of alkyl halides is 6. The van der Waals surface area contributed by atoms with Gasteiger partial charge in [-0.1, -0.05) is 42.5 Å². The van der Waals surface area contributed by atoms with Crippen LogP contribution in [-0.4, -0.2) is 0 Å². The molecule has 0 N–H and O–H groups in total. The van der Waals surface area contributed by atoms with E-state index in [1.807, 2.05) is 0 Å². The second-order valence-electron chi connectivity index (χ2n) is 5.32. The first-order valence-electron chi connectivity index (χ1n) is 6.94. The topological polar surface area (TPSA) is 0 Å². The predicted octanol–water partition coefficient (Wildman–Crippen LogP) is 6.54. The molecule has 0 aliphatic heterocycles. The van der Waals surface area contributed by atoms with Gasteiger partial charge in [0.25, 0.3) is 0 Å². The highest BCUT2D eigenvalue weighted by molar-refractivity contribution is 5.96. The maximum Gasteiger partial charge on any atom is 0.416 e. The van der Waals surface area contributed by atoms with Gasteiger partial charge in [-0.25, -0.2) is 0 Å². The van der Waals surface area contributed by atoms with E-state index in [1.165, 1.54) is 6.07 Å². The highest BCUT2D eigenvalue weighted by Gasteiger charge is 2.37. The van der Waals surface area contributed by atoms with E-state index < -0.39 is 23.5 Å². The van der Waals surface area contributed by atoms with Crippen LogP contribution in [0.15, 0.2) is 60.7 Å². The molecule has 124 valence electrons. The molecule has 0 aliphatic rings. The van der Waals surface area contributed by atoms with Gasteiger partial charge in [0.05, 0.1) is 11.1 Å². The van der Waals surface area contributed by atoms with Crippen molar-refractivity contribution in [3.63, 3.8) is 0 Å². The van der Waals surface area contributed by atoms with E-state index in [1.54, 1.807) is 36.4 Å². The first-order chi connectivity index (χ1) is 11.2. The SMILES string of the molecule is FC(F)(F)c1cc(-c2cccc3ccccc23)cc(C(F)(F)F)c1. The third-order valence-corrected chi connectivity index (χ3v) is 3.69. The average molecular weight is 340 g/mol. The van der Waals surface area contributed by atoms with Crippen molar-refractivity contribution in [2.24, 2.45) is 0 Å². The molecule has 0 bridgehead atoms. The van der Waals surface area contributed by atoms with Crippen LogP contribution in [0.2, 0.25) is 0 Å². The van der Waals surface area contributed by atoms with E-state index in [0.29, 0.717) is 10.9 Å². The van der Waals surface area contributed by atoms with Crippen molar-refractivity contribution in [3.05, 3.63) is 71.8 Å². The lowest BCUT2D eigenvalue weighted by atomic mass is 9.95. The van der Waals surface area contributed by atoms with E-state index in [2.05, 4.69) is 0 Å². The van der Waals surface area contributed by atoms with Crippen molar-refractivity contribution in [3.8, 4) is 11.1 Å². The molecule has 0 fully saturated rings. The van der Waals surface area contributed by atoms with Crippen molar-refractivity contribution >= 4 is 10.8 Å². The standard InChI is InChI=1S/C18H10F6/c19-17(20,21)13-8-12(9-14(10-13)18(22,23)24)16-7-3-5-11-4-1-2-6-15(11)16/h1-10H. The fourth-order valence-corrected chi connectivity index (χ4v) is 2.59. The van der Waals surface area contributed by atoms with Crippen LogP contribution in [0, 0.1) is 0 Å². The number of halogens is 6. The summed E-state index contributed by atoms with van der Waals surface area (Å²) in [5, 5.41) is 1.33. The van der Waals surface area contributed by atoms with Gasteiger partial charge < -0.3 is 0 Å². The van der Waals surface area contributed by atoms with Gasteiger partial charge in [0.1, 0.15) is 0 Å². The fourth-order valence-electron chi connectivity index (χ4n) is 2.59. The summed E-state index contributed by atoms with van der Waals surface area (Å²) in [7, 11) is 0. The maximum atomic E-state index is 13.0. The quantitative estimate of drug-likeness (QED) is 0.441. The monoisotopic (exact) mass is 340 g/mol. The van der Waals surface area contributed by atoms with Crippen molar-refractivity contribution in [2.45, 2.75) is 12.4 Å². The Hall–Kier alpha value is -2.50. The first kappa shape index (κ1) is 16.4. The van der Waals surface area contributed by atoms with Gasteiger partial charge in [-0.15, -0.1) is 0 Å². The number of rotatable bonds is 1. The molecule has 0 heterocycles. The Morgan fingerprint density at radius 2 is 1.12 bits per heavy atom. The van der Waals surface area contributed by atoms with Gasteiger partial charge in [-0.3, -0.25) is 0 Å². The molecule has 0 amide bonds. The molecule has 24 heavy (non-hydrogen) atoms. The Balaban J connectivity index is 2.30. The number of hydrogen-bond donors (Lipinski definition) is 0. The lowest BCUT2D eigenvalue weighted by Gasteiger charge is -2.15. The summed E-state index contributed by atoms with van der Waals surface area (Å²) in [5.41, 5.74) is -2.43. The normalized spacial score (nSPS) is 12.6. The van der Waals surface area contributed by atoms with Crippen molar-refractivity contribution in [1.82, 2.24) is 0 Å². The van der Waals surface area contributed by atoms with Crippen molar-refractivity contribution < 1.29 is 26.3 Å². The summed E-state index contributed by atoms with van der Waals surface area (Å²) in [5.74, 6) is 0. The summed E-state index contributed by atoms with van der Waals surface area (Å²) >= 11 is 0. The molecule has 0 aromatic heterocycles. The Labute approximate surface area is 133 Å². The minimum atomic E-state index is -4.86. The molecule has 0 radical (unpaired) electrons. The molecule has 3 rings (SSSR count). The summed E-state index contributed by atoms with van der Waals surface area (Å²) in [6.07, 6.45) is -9.72. The van der Waals surface area contributed by atoms with Crippen LogP contribution < -0.4 is 0 Å². The lowest BCUT2D eigenvalue weighted by Crippen LogP contribution is -2.11. The van der Waals surface area contributed by atoms with Gasteiger partial charge in [0.15, 0.2) is 0 Å². The molecule has 0 atom stereocenters. The zero-order chi connectivity index (χ0) is 17.5. The Morgan fingerprint density at radius 3 is 1.71 bits per heavy atom. The summed E-state index contributed by atoms with van der Waals surface area (Å²) in [6.45, 7) is 0. The van der Waals surface area contributed by atoms with E-state index in [0.717, 1.165) is 17.5 Å². The second kappa shape index (κ2) is 5.54. The molecular formula is C18H10F6. The minimum absolute atomic E-state index is 0.117. The van der Waals surface area contributed by atoms with Crippen LogP contribution in [0.4, 0.5) is 26.3 Å². The van der Waals surface area contributed by atoms with Crippen molar-refractivity contribution in [1.29, 1.82) is 0 Å². The number of hydrogen-bond acceptors (Lipinski definition) is 0. The lowest BCUT2D eigenvalue weighted by molar-refractivity contribution is -0.143. The van der Waals surface area contributed by atoms with Crippen LogP contribution in [0.5, 0.6) is 0 Å². The largest absolute Gasteiger partial charge is 0.416 e. The second-order valence-corrected chi connectivity index (χ2v) is 5.32. The Bertz CT molecular complexity index is 852. The molecule has 0 nitrogen and oxygen atoms in total. The molecule has 3 aromatic rings.